The van der Waals surface area contributed by atoms with Gasteiger partial charge in [-0.25, -0.2) is 0 Å². The van der Waals surface area contributed by atoms with Crippen LogP contribution in [0.4, 0.5) is 0 Å². The summed E-state index contributed by atoms with van der Waals surface area (Å²) in [5.74, 6) is 0.310. The van der Waals surface area contributed by atoms with Gasteiger partial charge in [-0.2, -0.15) is 0 Å². The van der Waals surface area contributed by atoms with Crippen LogP contribution in [0.2, 0.25) is 5.02 Å². The fourth-order valence-corrected chi connectivity index (χ4v) is 3.22. The second kappa shape index (κ2) is 8.11. The van der Waals surface area contributed by atoms with Gasteiger partial charge in [0, 0.05) is 24.7 Å². The number of nitrogens with zero attached hydrogens (tertiary/aromatic N) is 1. The van der Waals surface area contributed by atoms with Crippen LogP contribution in [0.15, 0.2) is 45.9 Å². The second-order valence-electron chi connectivity index (χ2n) is 5.10. The first-order chi connectivity index (χ1) is 10.7. The largest absolute Gasteiger partial charge is 0.445 e. The second-order valence-corrected chi connectivity index (χ2v) is 6.34. The van der Waals surface area contributed by atoms with E-state index >= 15 is 0 Å². The zero-order chi connectivity index (χ0) is 15.5. The molecule has 1 aliphatic heterocycles. The van der Waals surface area contributed by atoms with Crippen LogP contribution in [0.25, 0.3) is 0 Å². The molecule has 1 N–H and O–H groups in total. The minimum Gasteiger partial charge on any atom is -0.445 e. The highest BCUT2D eigenvalue weighted by Gasteiger charge is 2.30. The van der Waals surface area contributed by atoms with Gasteiger partial charge in [0.1, 0.15) is 0 Å². The first kappa shape index (κ1) is 18.2. The molecule has 1 saturated heterocycles. The van der Waals surface area contributed by atoms with Gasteiger partial charge in [-0.15, -0.1) is 12.4 Å². The monoisotopic (exact) mass is 372 g/mol. The van der Waals surface area contributed by atoms with Crippen LogP contribution < -0.4 is 5.32 Å². The van der Waals surface area contributed by atoms with Crippen molar-refractivity contribution in [3.8, 4) is 0 Å². The van der Waals surface area contributed by atoms with E-state index < -0.39 is 0 Å². The van der Waals surface area contributed by atoms with Gasteiger partial charge in [0.2, 0.25) is 0 Å². The van der Waals surface area contributed by atoms with Crippen LogP contribution in [-0.4, -0.2) is 36.7 Å². The van der Waals surface area contributed by atoms with Crippen molar-refractivity contribution in [2.45, 2.75) is 11.1 Å². The van der Waals surface area contributed by atoms with Gasteiger partial charge in [0.15, 0.2) is 10.9 Å². The number of hydrogen-bond donors (Lipinski definition) is 1. The topological polar surface area (TPSA) is 45.5 Å². The highest BCUT2D eigenvalue weighted by molar-refractivity contribution is 7.98. The Morgan fingerprint density at radius 1 is 1.39 bits per heavy atom. The summed E-state index contributed by atoms with van der Waals surface area (Å²) >= 11 is 7.57. The van der Waals surface area contributed by atoms with Crippen molar-refractivity contribution in [2.75, 3.05) is 25.9 Å². The van der Waals surface area contributed by atoms with Crippen molar-refractivity contribution in [1.29, 1.82) is 0 Å². The van der Waals surface area contributed by atoms with Gasteiger partial charge < -0.3 is 14.6 Å². The van der Waals surface area contributed by atoms with Crippen LogP contribution in [0.1, 0.15) is 22.2 Å². The molecule has 1 amide bonds. The lowest BCUT2D eigenvalue weighted by Crippen LogP contribution is -2.48. The molecule has 1 aliphatic rings. The van der Waals surface area contributed by atoms with Crippen molar-refractivity contribution in [2.24, 2.45) is 0 Å². The van der Waals surface area contributed by atoms with Crippen LogP contribution in [0.3, 0.4) is 0 Å². The quantitative estimate of drug-likeness (QED) is 0.830. The van der Waals surface area contributed by atoms with Crippen LogP contribution >= 0.6 is 35.8 Å². The van der Waals surface area contributed by atoms with E-state index in [4.69, 9.17) is 16.0 Å². The standard InChI is InChI=1S/C16H17ClN2O2S.ClH/c1-22-15-6-5-14(21-15)16(20)19-8-7-18-10-13(19)11-3-2-4-12(17)9-11;/h2-6,9,13,18H,7-8,10H2,1H3;1H. The SMILES string of the molecule is CSc1ccc(C(=O)N2CCNCC2c2cccc(Cl)c2)o1.Cl. The molecule has 2 aromatic rings. The molecule has 0 aliphatic carbocycles. The van der Waals surface area contributed by atoms with E-state index in [1.54, 1.807) is 6.07 Å². The fourth-order valence-electron chi connectivity index (χ4n) is 2.65. The molecule has 4 nitrogen and oxygen atoms in total. The summed E-state index contributed by atoms with van der Waals surface area (Å²) in [4.78, 5) is 14.6. The number of benzene rings is 1. The lowest BCUT2D eigenvalue weighted by molar-refractivity contribution is 0.0596. The summed E-state index contributed by atoms with van der Waals surface area (Å²) < 4.78 is 5.58. The Hall–Kier alpha value is -1.14. The molecular formula is C16H18Cl2N2O2S. The predicted octanol–water partition coefficient (Wildman–Crippen LogP) is 3.86. The molecule has 7 heteroatoms. The molecule has 0 radical (unpaired) electrons. The van der Waals surface area contributed by atoms with Gasteiger partial charge in [-0.3, -0.25) is 4.79 Å². The molecule has 0 spiro atoms. The molecule has 3 rings (SSSR count). The van der Waals surface area contributed by atoms with Gasteiger partial charge >= 0.3 is 0 Å². The van der Waals surface area contributed by atoms with Crippen molar-refractivity contribution < 1.29 is 9.21 Å². The molecule has 1 atom stereocenters. The molecular weight excluding hydrogens is 355 g/mol. The van der Waals surface area contributed by atoms with Crippen molar-refractivity contribution in [1.82, 2.24) is 10.2 Å². The third-order valence-corrected chi connectivity index (χ3v) is 4.59. The molecule has 1 fully saturated rings. The molecule has 0 saturated carbocycles. The number of carbonyl (C=O) groups is 1. The van der Waals surface area contributed by atoms with Crippen molar-refractivity contribution >= 4 is 41.7 Å². The maximum absolute atomic E-state index is 12.8. The van der Waals surface area contributed by atoms with Crippen LogP contribution in [0, 0.1) is 0 Å². The highest BCUT2D eigenvalue weighted by atomic mass is 35.5. The third kappa shape index (κ3) is 4.04. The summed E-state index contributed by atoms with van der Waals surface area (Å²) in [6, 6.07) is 11.2. The van der Waals surface area contributed by atoms with Gasteiger partial charge in [-0.1, -0.05) is 35.5 Å². The Morgan fingerprint density at radius 3 is 2.91 bits per heavy atom. The Bertz CT molecular complexity index is 678. The molecule has 2 heterocycles. The van der Waals surface area contributed by atoms with E-state index in [9.17, 15) is 4.79 Å². The smallest absolute Gasteiger partial charge is 0.290 e. The summed E-state index contributed by atoms with van der Waals surface area (Å²) in [6.07, 6.45) is 1.92. The molecule has 1 unspecified atom stereocenters. The normalized spacial score (nSPS) is 17.7. The number of nitrogens with one attached hydrogen (secondary N) is 1. The Labute approximate surface area is 151 Å². The van der Waals surface area contributed by atoms with Crippen LogP contribution in [-0.2, 0) is 0 Å². The average molecular weight is 373 g/mol. The zero-order valence-electron chi connectivity index (χ0n) is 12.6. The predicted molar refractivity (Wildman–Crippen MR) is 95.8 cm³/mol. The van der Waals surface area contributed by atoms with Crippen LogP contribution in [0.5, 0.6) is 0 Å². The summed E-state index contributed by atoms with van der Waals surface area (Å²) in [5, 5.41) is 4.76. The van der Waals surface area contributed by atoms with E-state index in [1.165, 1.54) is 11.8 Å². The molecule has 124 valence electrons. The number of furan rings is 1. The average Bonchev–Trinajstić information content (AvgIpc) is 3.03. The van der Waals surface area contributed by atoms with Gasteiger partial charge in [0.05, 0.1) is 6.04 Å². The Kier molecular flexibility index (Phi) is 6.41. The number of carbonyl (C=O) groups excluding carboxylic acids is 1. The van der Waals surface area contributed by atoms with Crippen molar-refractivity contribution in [3.05, 3.63) is 52.7 Å². The van der Waals surface area contributed by atoms with E-state index in [2.05, 4.69) is 5.32 Å². The summed E-state index contributed by atoms with van der Waals surface area (Å²) in [6.45, 7) is 2.13. The number of piperazine rings is 1. The lowest BCUT2D eigenvalue weighted by atomic mass is 10.0. The minimum atomic E-state index is -0.0771. The van der Waals surface area contributed by atoms with E-state index in [1.807, 2.05) is 41.5 Å². The maximum Gasteiger partial charge on any atom is 0.290 e. The maximum atomic E-state index is 12.8. The first-order valence-corrected chi connectivity index (χ1v) is 8.70. The molecule has 23 heavy (non-hydrogen) atoms. The van der Waals surface area contributed by atoms with E-state index in [0.717, 1.165) is 17.2 Å². The number of amides is 1. The Balaban J connectivity index is 0.00000192. The Morgan fingerprint density at radius 2 is 2.22 bits per heavy atom. The number of hydrogen-bond acceptors (Lipinski definition) is 4. The van der Waals surface area contributed by atoms with Crippen molar-refractivity contribution in [3.63, 3.8) is 0 Å². The molecule has 1 aromatic carbocycles. The number of halogens is 2. The van der Waals surface area contributed by atoms with E-state index in [0.29, 0.717) is 23.9 Å². The highest BCUT2D eigenvalue weighted by Crippen LogP contribution is 2.27. The molecule has 0 bridgehead atoms. The van der Waals surface area contributed by atoms with E-state index in [-0.39, 0.29) is 24.4 Å². The lowest BCUT2D eigenvalue weighted by Gasteiger charge is -2.36. The van der Waals surface area contributed by atoms with Gasteiger partial charge in [0.25, 0.3) is 5.91 Å². The first-order valence-electron chi connectivity index (χ1n) is 7.10. The third-order valence-electron chi connectivity index (χ3n) is 3.73. The number of thioether (sulfide) groups is 1. The summed E-state index contributed by atoms with van der Waals surface area (Å²) in [5.41, 5.74) is 1.03. The van der Waals surface area contributed by atoms with Gasteiger partial charge in [-0.05, 0) is 36.1 Å². The minimum absolute atomic E-state index is 0. The number of rotatable bonds is 3. The molecule has 1 aromatic heterocycles. The summed E-state index contributed by atoms with van der Waals surface area (Å²) in [7, 11) is 0. The fraction of sp³-hybridized carbons (Fsp3) is 0.312. The zero-order valence-corrected chi connectivity index (χ0v) is 15.0.